The lowest BCUT2D eigenvalue weighted by atomic mass is 10.0. The van der Waals surface area contributed by atoms with Crippen LogP contribution < -0.4 is 5.32 Å². The Balaban J connectivity index is 2.28. The van der Waals surface area contributed by atoms with Crippen molar-refractivity contribution in [1.29, 1.82) is 0 Å². The summed E-state index contributed by atoms with van der Waals surface area (Å²) in [5.41, 5.74) is 1.14. The summed E-state index contributed by atoms with van der Waals surface area (Å²) in [7, 11) is 0. The zero-order valence-corrected chi connectivity index (χ0v) is 11.4. The van der Waals surface area contributed by atoms with E-state index in [9.17, 15) is 19.8 Å². The molecule has 0 fully saturated rings. The number of rotatable bonds is 4. The molecule has 0 radical (unpaired) electrons. The summed E-state index contributed by atoms with van der Waals surface area (Å²) in [5.74, 6) is -1.69. The number of aromatic hydroxyl groups is 1. The van der Waals surface area contributed by atoms with Crippen LogP contribution in [0.5, 0.6) is 5.75 Å². The van der Waals surface area contributed by atoms with Gasteiger partial charge in [0.1, 0.15) is 5.75 Å². The summed E-state index contributed by atoms with van der Waals surface area (Å²) >= 11 is 0. The molecule has 5 heteroatoms. The largest absolute Gasteiger partial charge is 0.508 e. The van der Waals surface area contributed by atoms with Gasteiger partial charge in [-0.05, 0) is 24.6 Å². The normalized spacial score (nSPS) is 11.7. The number of nitrogens with one attached hydrogen (secondary N) is 1. The maximum atomic E-state index is 12.2. The molecule has 108 valence electrons. The Kier molecular flexibility index (Phi) is 4.23. The van der Waals surface area contributed by atoms with Gasteiger partial charge in [-0.1, -0.05) is 36.4 Å². The van der Waals surface area contributed by atoms with Gasteiger partial charge in [-0.2, -0.15) is 0 Å². The second kappa shape index (κ2) is 6.09. The Morgan fingerprint density at radius 3 is 2.33 bits per heavy atom. The number of carboxylic acid groups (broad SMARTS) is 1. The minimum atomic E-state index is -1.15. The van der Waals surface area contributed by atoms with E-state index in [-0.39, 0.29) is 11.3 Å². The first-order valence-electron chi connectivity index (χ1n) is 6.38. The van der Waals surface area contributed by atoms with Crippen LogP contribution in [0.4, 0.5) is 0 Å². The molecule has 1 atom stereocenters. The smallest absolute Gasteiger partial charge is 0.330 e. The van der Waals surface area contributed by atoms with Gasteiger partial charge in [0, 0.05) is 11.1 Å². The zero-order valence-electron chi connectivity index (χ0n) is 11.4. The van der Waals surface area contributed by atoms with Crippen LogP contribution in [0.3, 0.4) is 0 Å². The van der Waals surface area contributed by atoms with E-state index in [2.05, 4.69) is 5.32 Å². The Morgan fingerprint density at radius 2 is 1.71 bits per heavy atom. The molecule has 0 aliphatic carbocycles. The Morgan fingerprint density at radius 1 is 1.05 bits per heavy atom. The van der Waals surface area contributed by atoms with Crippen LogP contribution in [0.25, 0.3) is 0 Å². The fraction of sp³-hybridized carbons (Fsp3) is 0.125. The first-order valence-corrected chi connectivity index (χ1v) is 6.38. The molecule has 2 aromatic rings. The molecule has 1 amide bonds. The highest BCUT2D eigenvalue weighted by Crippen LogP contribution is 2.21. The van der Waals surface area contributed by atoms with Crippen molar-refractivity contribution in [3.8, 4) is 5.75 Å². The summed E-state index contributed by atoms with van der Waals surface area (Å²) in [6.45, 7) is 1.60. The number of hydrogen-bond donors (Lipinski definition) is 3. The molecule has 5 nitrogen and oxygen atoms in total. The molecule has 0 saturated carbocycles. The van der Waals surface area contributed by atoms with Crippen molar-refractivity contribution in [3.05, 3.63) is 65.2 Å². The van der Waals surface area contributed by atoms with E-state index in [0.29, 0.717) is 11.1 Å². The first-order chi connectivity index (χ1) is 10.0. The van der Waals surface area contributed by atoms with Gasteiger partial charge in [0.2, 0.25) is 0 Å². The SMILES string of the molecule is Cc1c(O)cccc1C(=O)N[C@@H](C(=O)O)c1ccccc1. The number of hydrogen-bond acceptors (Lipinski definition) is 3. The lowest BCUT2D eigenvalue weighted by molar-refractivity contribution is -0.139. The van der Waals surface area contributed by atoms with E-state index in [1.807, 2.05) is 0 Å². The highest BCUT2D eigenvalue weighted by Gasteiger charge is 2.23. The molecule has 0 unspecified atom stereocenters. The maximum Gasteiger partial charge on any atom is 0.330 e. The van der Waals surface area contributed by atoms with E-state index in [1.165, 1.54) is 18.2 Å². The van der Waals surface area contributed by atoms with Crippen molar-refractivity contribution in [2.24, 2.45) is 0 Å². The van der Waals surface area contributed by atoms with Gasteiger partial charge in [0.15, 0.2) is 6.04 Å². The Hall–Kier alpha value is -2.82. The van der Waals surface area contributed by atoms with Crippen LogP contribution in [-0.2, 0) is 4.79 Å². The third-order valence-electron chi connectivity index (χ3n) is 3.21. The highest BCUT2D eigenvalue weighted by molar-refractivity contribution is 5.98. The lowest BCUT2D eigenvalue weighted by Gasteiger charge is -2.16. The summed E-state index contributed by atoms with van der Waals surface area (Å²) < 4.78 is 0. The molecule has 0 aliphatic rings. The quantitative estimate of drug-likeness (QED) is 0.804. The van der Waals surface area contributed by atoms with Crippen LogP contribution in [0.2, 0.25) is 0 Å². The fourth-order valence-electron chi connectivity index (χ4n) is 2.01. The van der Waals surface area contributed by atoms with Crippen molar-refractivity contribution in [2.45, 2.75) is 13.0 Å². The molecule has 2 rings (SSSR count). The summed E-state index contributed by atoms with van der Waals surface area (Å²) in [6.07, 6.45) is 0. The molecule has 0 aromatic heterocycles. The predicted molar refractivity (Wildman–Crippen MR) is 77.1 cm³/mol. The van der Waals surface area contributed by atoms with Crippen LogP contribution in [0, 0.1) is 6.92 Å². The van der Waals surface area contributed by atoms with Gasteiger partial charge in [0.25, 0.3) is 5.91 Å². The van der Waals surface area contributed by atoms with Crippen LogP contribution in [0.1, 0.15) is 27.5 Å². The average Bonchev–Trinajstić information content (AvgIpc) is 2.48. The van der Waals surface area contributed by atoms with E-state index < -0.39 is 17.9 Å². The third-order valence-corrected chi connectivity index (χ3v) is 3.21. The van der Waals surface area contributed by atoms with Crippen LogP contribution in [-0.4, -0.2) is 22.1 Å². The number of phenols is 1. The minimum Gasteiger partial charge on any atom is -0.508 e. The second-order valence-corrected chi connectivity index (χ2v) is 4.61. The van der Waals surface area contributed by atoms with Crippen molar-refractivity contribution < 1.29 is 19.8 Å². The van der Waals surface area contributed by atoms with E-state index in [1.54, 1.807) is 37.3 Å². The van der Waals surface area contributed by atoms with E-state index in [4.69, 9.17) is 0 Å². The Bertz CT molecular complexity index is 667. The molecule has 0 heterocycles. The first kappa shape index (κ1) is 14.6. The number of carbonyl (C=O) groups is 2. The third kappa shape index (κ3) is 3.20. The molecule has 21 heavy (non-hydrogen) atoms. The lowest BCUT2D eigenvalue weighted by Crippen LogP contribution is -2.34. The average molecular weight is 285 g/mol. The van der Waals surface area contributed by atoms with E-state index >= 15 is 0 Å². The van der Waals surface area contributed by atoms with E-state index in [0.717, 1.165) is 0 Å². The minimum absolute atomic E-state index is 0.00534. The predicted octanol–water partition coefficient (Wildman–Crippen LogP) is 2.26. The molecule has 3 N–H and O–H groups in total. The van der Waals surface area contributed by atoms with Gasteiger partial charge in [-0.3, -0.25) is 4.79 Å². The zero-order chi connectivity index (χ0) is 15.4. The van der Waals surface area contributed by atoms with Crippen molar-refractivity contribution in [1.82, 2.24) is 5.32 Å². The summed E-state index contributed by atoms with van der Waals surface area (Å²) in [6, 6.07) is 11.8. The summed E-state index contributed by atoms with van der Waals surface area (Å²) in [5, 5.41) is 21.4. The molecular weight excluding hydrogens is 270 g/mol. The fourth-order valence-corrected chi connectivity index (χ4v) is 2.01. The highest BCUT2D eigenvalue weighted by atomic mass is 16.4. The molecular formula is C16H15NO4. The monoisotopic (exact) mass is 285 g/mol. The number of benzene rings is 2. The van der Waals surface area contributed by atoms with Gasteiger partial charge in [-0.15, -0.1) is 0 Å². The topological polar surface area (TPSA) is 86.6 Å². The van der Waals surface area contributed by atoms with Gasteiger partial charge in [0.05, 0.1) is 0 Å². The molecule has 0 spiro atoms. The number of phenolic OH excluding ortho intramolecular Hbond substituents is 1. The molecule has 0 bridgehead atoms. The number of aliphatic carboxylic acids is 1. The summed E-state index contributed by atoms with van der Waals surface area (Å²) in [4.78, 5) is 23.6. The van der Waals surface area contributed by atoms with Gasteiger partial charge < -0.3 is 15.5 Å². The van der Waals surface area contributed by atoms with Crippen LogP contribution in [0.15, 0.2) is 48.5 Å². The van der Waals surface area contributed by atoms with Crippen LogP contribution >= 0.6 is 0 Å². The number of carbonyl (C=O) groups excluding carboxylic acids is 1. The number of carboxylic acids is 1. The standard InChI is InChI=1S/C16H15NO4/c1-10-12(8-5-9-13(10)18)15(19)17-14(16(20)21)11-6-3-2-4-7-11/h2-9,14,18H,1H3,(H,17,19)(H,20,21)/t14-/m1/s1. The molecule has 2 aromatic carbocycles. The van der Waals surface area contributed by atoms with Gasteiger partial charge >= 0.3 is 5.97 Å². The van der Waals surface area contributed by atoms with Crippen molar-refractivity contribution >= 4 is 11.9 Å². The molecule has 0 saturated heterocycles. The maximum absolute atomic E-state index is 12.2. The second-order valence-electron chi connectivity index (χ2n) is 4.61. The number of amides is 1. The Labute approximate surface area is 121 Å². The van der Waals surface area contributed by atoms with Crippen molar-refractivity contribution in [2.75, 3.05) is 0 Å². The molecule has 0 aliphatic heterocycles. The van der Waals surface area contributed by atoms with Crippen molar-refractivity contribution in [3.63, 3.8) is 0 Å². The van der Waals surface area contributed by atoms with Gasteiger partial charge in [-0.25, -0.2) is 4.79 Å².